The summed E-state index contributed by atoms with van der Waals surface area (Å²) >= 11 is 2.96. The summed E-state index contributed by atoms with van der Waals surface area (Å²) in [7, 11) is -3.47. The lowest BCUT2D eigenvalue weighted by atomic mass is 9.84. The van der Waals surface area contributed by atoms with E-state index in [0.717, 1.165) is 79.9 Å². The van der Waals surface area contributed by atoms with Crippen molar-refractivity contribution in [3.05, 3.63) is 54.1 Å². The lowest BCUT2D eigenvalue weighted by Crippen LogP contribution is -2.47. The van der Waals surface area contributed by atoms with Gasteiger partial charge in [-0.15, -0.1) is 11.3 Å². The third kappa shape index (κ3) is 5.56. The number of fused-ring (bicyclic) bond motifs is 2. The van der Waals surface area contributed by atoms with E-state index in [4.69, 9.17) is 4.37 Å². The molecule has 0 bridgehead atoms. The van der Waals surface area contributed by atoms with Gasteiger partial charge in [0, 0.05) is 42.3 Å². The SMILES string of the molecule is Cc1ccc2sc(S(=O)(=O)NC3CCC(CCN4CCN(c5nsc6ccccc56)CC4)CC3)cc2c1. The van der Waals surface area contributed by atoms with Gasteiger partial charge in [-0.1, -0.05) is 29.8 Å². The molecule has 2 fully saturated rings. The van der Waals surface area contributed by atoms with Crippen molar-refractivity contribution in [2.75, 3.05) is 37.6 Å². The molecule has 6 rings (SSSR count). The smallest absolute Gasteiger partial charge is 0.250 e. The second kappa shape index (κ2) is 10.6. The number of thiophene rings is 1. The van der Waals surface area contributed by atoms with E-state index in [2.05, 4.69) is 44.9 Å². The first-order valence-corrected chi connectivity index (χ1v) is 16.4. The summed E-state index contributed by atoms with van der Waals surface area (Å²) in [5.74, 6) is 1.83. The molecule has 1 aliphatic heterocycles. The predicted octanol–water partition coefficient (Wildman–Crippen LogP) is 5.87. The molecule has 2 aromatic carbocycles. The number of aryl methyl sites for hydroxylation is 1. The zero-order valence-corrected chi connectivity index (χ0v) is 23.7. The third-order valence-electron chi connectivity index (χ3n) is 7.97. The Bertz CT molecular complexity index is 1480. The Hall–Kier alpha value is -2.04. The lowest BCUT2D eigenvalue weighted by molar-refractivity contribution is 0.214. The van der Waals surface area contributed by atoms with Crippen LogP contribution in [0.1, 0.15) is 37.7 Å². The van der Waals surface area contributed by atoms with Crippen LogP contribution < -0.4 is 9.62 Å². The quantitative estimate of drug-likeness (QED) is 0.310. The van der Waals surface area contributed by atoms with Crippen LogP contribution >= 0.6 is 22.9 Å². The topological polar surface area (TPSA) is 65.5 Å². The fraction of sp³-hybridized carbons (Fsp3) is 0.464. The van der Waals surface area contributed by atoms with Crippen LogP contribution in [-0.2, 0) is 10.0 Å². The second-order valence-electron chi connectivity index (χ2n) is 10.6. The molecule has 1 aliphatic carbocycles. The molecule has 0 unspecified atom stereocenters. The highest BCUT2D eigenvalue weighted by atomic mass is 32.2. The van der Waals surface area contributed by atoms with Crippen LogP contribution in [0.4, 0.5) is 5.82 Å². The number of anilines is 1. The molecule has 1 saturated carbocycles. The molecule has 0 atom stereocenters. The van der Waals surface area contributed by atoms with Crippen LogP contribution in [0, 0.1) is 12.8 Å². The molecule has 0 amide bonds. The highest BCUT2D eigenvalue weighted by Crippen LogP contribution is 2.33. The van der Waals surface area contributed by atoms with E-state index in [-0.39, 0.29) is 6.04 Å². The fourth-order valence-electron chi connectivity index (χ4n) is 5.77. The van der Waals surface area contributed by atoms with Crippen LogP contribution in [0.2, 0.25) is 0 Å². The third-order valence-corrected chi connectivity index (χ3v) is 11.9. The number of piperazine rings is 1. The van der Waals surface area contributed by atoms with Crippen molar-refractivity contribution >= 4 is 58.9 Å². The van der Waals surface area contributed by atoms with Crippen LogP contribution in [0.25, 0.3) is 20.2 Å². The van der Waals surface area contributed by atoms with Gasteiger partial charge >= 0.3 is 0 Å². The summed E-state index contributed by atoms with van der Waals surface area (Å²) in [5, 5.41) is 2.28. The minimum absolute atomic E-state index is 0.0460. The Kier molecular flexibility index (Phi) is 7.24. The average molecular weight is 555 g/mol. The summed E-state index contributed by atoms with van der Waals surface area (Å²) in [6.07, 6.45) is 5.26. The van der Waals surface area contributed by atoms with Crippen molar-refractivity contribution in [1.29, 1.82) is 0 Å². The first kappa shape index (κ1) is 25.2. The van der Waals surface area contributed by atoms with Gasteiger partial charge in [0.05, 0.1) is 4.70 Å². The van der Waals surface area contributed by atoms with Crippen molar-refractivity contribution in [2.45, 2.75) is 49.3 Å². The molecular weight excluding hydrogens is 521 g/mol. The normalized spacial score (nSPS) is 21.7. The van der Waals surface area contributed by atoms with E-state index >= 15 is 0 Å². The number of hydrogen-bond donors (Lipinski definition) is 1. The summed E-state index contributed by atoms with van der Waals surface area (Å²) < 4.78 is 36.5. The molecular formula is C28H34N4O2S3. The highest BCUT2D eigenvalue weighted by molar-refractivity contribution is 7.91. The number of sulfonamides is 1. The minimum Gasteiger partial charge on any atom is -0.353 e. The molecule has 9 heteroatoms. The molecule has 2 aliphatic rings. The van der Waals surface area contributed by atoms with Crippen LogP contribution in [0.3, 0.4) is 0 Å². The van der Waals surface area contributed by atoms with Crippen molar-refractivity contribution in [1.82, 2.24) is 14.0 Å². The fourth-order valence-corrected chi connectivity index (χ4v) is 9.26. The van der Waals surface area contributed by atoms with E-state index in [9.17, 15) is 8.42 Å². The van der Waals surface area contributed by atoms with Gasteiger partial charge in [-0.05, 0) is 92.7 Å². The van der Waals surface area contributed by atoms with Crippen molar-refractivity contribution < 1.29 is 8.42 Å². The number of rotatable bonds is 7. The molecule has 6 nitrogen and oxygen atoms in total. The van der Waals surface area contributed by atoms with Crippen LogP contribution in [-0.4, -0.2) is 56.5 Å². The Balaban J connectivity index is 0.955. The maximum Gasteiger partial charge on any atom is 0.250 e. The highest BCUT2D eigenvalue weighted by Gasteiger charge is 2.28. The van der Waals surface area contributed by atoms with Crippen molar-refractivity contribution in [3.63, 3.8) is 0 Å². The monoisotopic (exact) mass is 554 g/mol. The number of nitrogens with zero attached hydrogens (tertiary/aromatic N) is 3. The Labute approximate surface area is 227 Å². The largest absolute Gasteiger partial charge is 0.353 e. The van der Waals surface area contributed by atoms with Crippen molar-refractivity contribution in [3.8, 4) is 0 Å². The molecule has 37 heavy (non-hydrogen) atoms. The van der Waals surface area contributed by atoms with E-state index in [0.29, 0.717) is 10.1 Å². The first-order valence-electron chi connectivity index (χ1n) is 13.3. The maximum atomic E-state index is 13.0. The van der Waals surface area contributed by atoms with E-state index < -0.39 is 10.0 Å². The second-order valence-corrected chi connectivity index (χ2v) is 14.4. The van der Waals surface area contributed by atoms with Gasteiger partial charge in [0.1, 0.15) is 10.0 Å². The van der Waals surface area contributed by atoms with Gasteiger partial charge < -0.3 is 4.90 Å². The Morgan fingerprint density at radius 2 is 1.76 bits per heavy atom. The van der Waals surface area contributed by atoms with E-state index in [1.807, 2.05) is 25.1 Å². The molecule has 0 spiro atoms. The summed E-state index contributed by atoms with van der Waals surface area (Å²) in [4.78, 5) is 5.02. The lowest BCUT2D eigenvalue weighted by Gasteiger charge is -2.36. The number of nitrogens with one attached hydrogen (secondary N) is 1. The van der Waals surface area contributed by atoms with Crippen molar-refractivity contribution in [2.24, 2.45) is 5.92 Å². The van der Waals surface area contributed by atoms with Crippen LogP contribution in [0.15, 0.2) is 52.7 Å². The Morgan fingerprint density at radius 1 is 0.973 bits per heavy atom. The molecule has 0 radical (unpaired) electrons. The van der Waals surface area contributed by atoms with E-state index in [1.54, 1.807) is 11.5 Å². The van der Waals surface area contributed by atoms with Gasteiger partial charge in [0.2, 0.25) is 10.0 Å². The molecule has 196 valence electrons. The summed E-state index contributed by atoms with van der Waals surface area (Å²) in [5.41, 5.74) is 1.15. The number of hydrogen-bond acceptors (Lipinski definition) is 7. The zero-order valence-electron chi connectivity index (χ0n) is 21.2. The molecule has 1 saturated heterocycles. The maximum absolute atomic E-state index is 13.0. The zero-order chi connectivity index (χ0) is 25.4. The predicted molar refractivity (Wildman–Crippen MR) is 156 cm³/mol. The summed E-state index contributed by atoms with van der Waals surface area (Å²) in [6.45, 7) is 7.38. The summed E-state index contributed by atoms with van der Waals surface area (Å²) in [6, 6.07) is 16.5. The molecule has 4 aromatic rings. The number of aromatic nitrogens is 1. The first-order chi connectivity index (χ1) is 17.9. The van der Waals surface area contributed by atoms with Gasteiger partial charge in [-0.25, -0.2) is 13.1 Å². The molecule has 2 aromatic heterocycles. The van der Waals surface area contributed by atoms with Gasteiger partial charge in [-0.2, -0.15) is 4.37 Å². The standard InChI is InChI=1S/C28H34N4O2S3/c1-20-6-11-25-22(18-20)19-27(35-25)37(33,34)30-23-9-7-21(8-10-23)12-13-31-14-16-32(17-15-31)28-24-4-2-3-5-26(24)36-29-28/h2-6,11,18-19,21,23,30H,7-10,12-17H2,1H3. The van der Waals surface area contributed by atoms with Gasteiger partial charge in [-0.3, -0.25) is 4.90 Å². The molecule has 1 N–H and O–H groups in total. The Morgan fingerprint density at radius 3 is 2.57 bits per heavy atom. The average Bonchev–Trinajstić information content (AvgIpc) is 3.53. The van der Waals surface area contributed by atoms with Gasteiger partial charge in [0.25, 0.3) is 0 Å². The molecule has 3 heterocycles. The minimum atomic E-state index is -3.47. The number of benzene rings is 2. The van der Waals surface area contributed by atoms with E-state index in [1.165, 1.54) is 27.8 Å². The van der Waals surface area contributed by atoms with Gasteiger partial charge in [0.15, 0.2) is 0 Å². The van der Waals surface area contributed by atoms with Crippen LogP contribution in [0.5, 0.6) is 0 Å².